The number of anilines is 1. The van der Waals surface area contributed by atoms with E-state index in [2.05, 4.69) is 10.1 Å². The van der Waals surface area contributed by atoms with Crippen LogP contribution in [0, 0.1) is 0 Å². The standard InChI is InChI=1S/C12H15ClN2O3/c1-3-9(14)11(16)15-10-6-7(13)4-5-8(10)12(17)18-2/h4-6,9H,3,14H2,1-2H3,(H,15,16). The molecule has 18 heavy (non-hydrogen) atoms. The van der Waals surface area contributed by atoms with Crippen molar-refractivity contribution in [2.45, 2.75) is 19.4 Å². The molecule has 1 aromatic rings. The normalized spacial score (nSPS) is 11.8. The molecule has 0 spiro atoms. The molecule has 0 aliphatic carbocycles. The monoisotopic (exact) mass is 270 g/mol. The van der Waals surface area contributed by atoms with Crippen LogP contribution < -0.4 is 11.1 Å². The summed E-state index contributed by atoms with van der Waals surface area (Å²) >= 11 is 5.83. The average molecular weight is 271 g/mol. The van der Waals surface area contributed by atoms with Crippen LogP contribution in [0.15, 0.2) is 18.2 Å². The summed E-state index contributed by atoms with van der Waals surface area (Å²) in [4.78, 5) is 23.2. The second kappa shape index (κ2) is 6.37. The van der Waals surface area contributed by atoms with E-state index in [0.717, 1.165) is 0 Å². The highest BCUT2D eigenvalue weighted by molar-refractivity contribution is 6.31. The number of benzene rings is 1. The SMILES string of the molecule is CCC(N)C(=O)Nc1cc(Cl)ccc1C(=O)OC. The maximum absolute atomic E-state index is 11.7. The second-order valence-electron chi connectivity index (χ2n) is 3.69. The van der Waals surface area contributed by atoms with Crippen LogP contribution in [0.1, 0.15) is 23.7 Å². The van der Waals surface area contributed by atoms with Gasteiger partial charge in [-0.05, 0) is 24.6 Å². The Labute approximate surface area is 110 Å². The van der Waals surface area contributed by atoms with E-state index in [1.807, 2.05) is 0 Å². The zero-order valence-electron chi connectivity index (χ0n) is 10.2. The van der Waals surface area contributed by atoms with Crippen LogP contribution in [-0.2, 0) is 9.53 Å². The summed E-state index contributed by atoms with van der Waals surface area (Å²) in [6.45, 7) is 1.80. The van der Waals surface area contributed by atoms with Crippen molar-refractivity contribution in [3.05, 3.63) is 28.8 Å². The van der Waals surface area contributed by atoms with Crippen molar-refractivity contribution in [3.8, 4) is 0 Å². The van der Waals surface area contributed by atoms with Crippen molar-refractivity contribution in [1.82, 2.24) is 0 Å². The molecule has 0 aliphatic rings. The summed E-state index contributed by atoms with van der Waals surface area (Å²) in [5, 5.41) is 2.97. The Morgan fingerprint density at radius 3 is 2.72 bits per heavy atom. The van der Waals surface area contributed by atoms with E-state index < -0.39 is 12.0 Å². The molecule has 1 amide bonds. The second-order valence-corrected chi connectivity index (χ2v) is 4.12. The zero-order chi connectivity index (χ0) is 13.7. The third kappa shape index (κ3) is 3.45. The molecule has 1 rings (SSSR count). The van der Waals surface area contributed by atoms with E-state index in [9.17, 15) is 9.59 Å². The Bertz CT molecular complexity index is 463. The third-order valence-corrected chi connectivity index (χ3v) is 2.66. The Balaban J connectivity index is 3.03. The van der Waals surface area contributed by atoms with E-state index >= 15 is 0 Å². The van der Waals surface area contributed by atoms with Gasteiger partial charge in [0, 0.05) is 5.02 Å². The molecule has 98 valence electrons. The van der Waals surface area contributed by atoms with Crippen LogP contribution in [-0.4, -0.2) is 25.0 Å². The first-order valence-corrected chi connectivity index (χ1v) is 5.81. The highest BCUT2D eigenvalue weighted by atomic mass is 35.5. The number of carbonyl (C=O) groups is 2. The zero-order valence-corrected chi connectivity index (χ0v) is 11.0. The molecule has 0 fully saturated rings. The fourth-order valence-electron chi connectivity index (χ4n) is 1.32. The highest BCUT2D eigenvalue weighted by Crippen LogP contribution is 2.22. The fourth-order valence-corrected chi connectivity index (χ4v) is 1.49. The van der Waals surface area contributed by atoms with Gasteiger partial charge in [-0.3, -0.25) is 4.79 Å². The maximum Gasteiger partial charge on any atom is 0.339 e. The van der Waals surface area contributed by atoms with Crippen LogP contribution in [0.4, 0.5) is 5.69 Å². The van der Waals surface area contributed by atoms with Gasteiger partial charge in [0.25, 0.3) is 0 Å². The lowest BCUT2D eigenvalue weighted by molar-refractivity contribution is -0.117. The van der Waals surface area contributed by atoms with Crippen LogP contribution in [0.2, 0.25) is 5.02 Å². The number of methoxy groups -OCH3 is 1. The number of halogens is 1. The first-order chi connectivity index (χ1) is 8.49. The average Bonchev–Trinajstić information content (AvgIpc) is 2.37. The number of hydrogen-bond donors (Lipinski definition) is 2. The van der Waals surface area contributed by atoms with Gasteiger partial charge in [-0.25, -0.2) is 4.79 Å². The van der Waals surface area contributed by atoms with Gasteiger partial charge in [0.1, 0.15) is 0 Å². The Morgan fingerprint density at radius 2 is 2.17 bits per heavy atom. The molecule has 0 radical (unpaired) electrons. The van der Waals surface area contributed by atoms with Gasteiger partial charge in [0.05, 0.1) is 24.4 Å². The minimum atomic E-state index is -0.630. The van der Waals surface area contributed by atoms with Gasteiger partial charge in [-0.15, -0.1) is 0 Å². The number of ether oxygens (including phenoxy) is 1. The lowest BCUT2D eigenvalue weighted by atomic mass is 10.1. The molecule has 1 unspecified atom stereocenters. The Morgan fingerprint density at radius 1 is 1.50 bits per heavy atom. The van der Waals surface area contributed by atoms with Crippen molar-refractivity contribution >= 4 is 29.2 Å². The number of carbonyl (C=O) groups excluding carboxylic acids is 2. The molecular weight excluding hydrogens is 256 g/mol. The smallest absolute Gasteiger partial charge is 0.339 e. The van der Waals surface area contributed by atoms with Gasteiger partial charge in [-0.2, -0.15) is 0 Å². The summed E-state index contributed by atoms with van der Waals surface area (Å²) in [6, 6.07) is 3.88. The number of hydrogen-bond acceptors (Lipinski definition) is 4. The van der Waals surface area contributed by atoms with Gasteiger partial charge in [0.15, 0.2) is 0 Å². The minimum Gasteiger partial charge on any atom is -0.465 e. The lowest BCUT2D eigenvalue weighted by Gasteiger charge is -2.13. The van der Waals surface area contributed by atoms with Crippen molar-refractivity contribution < 1.29 is 14.3 Å². The summed E-state index contributed by atoms with van der Waals surface area (Å²) in [7, 11) is 1.26. The van der Waals surface area contributed by atoms with Gasteiger partial charge >= 0.3 is 5.97 Å². The predicted octanol–water partition coefficient (Wildman–Crippen LogP) is 1.80. The van der Waals surface area contributed by atoms with Crippen LogP contribution in [0.3, 0.4) is 0 Å². The Hall–Kier alpha value is -1.59. The molecule has 0 bridgehead atoms. The molecule has 6 heteroatoms. The predicted molar refractivity (Wildman–Crippen MR) is 69.7 cm³/mol. The van der Waals surface area contributed by atoms with Gasteiger partial charge in [-0.1, -0.05) is 18.5 Å². The molecule has 0 saturated carbocycles. The number of rotatable bonds is 4. The number of esters is 1. The molecule has 0 heterocycles. The molecule has 0 aliphatic heterocycles. The molecule has 1 atom stereocenters. The van der Waals surface area contributed by atoms with Gasteiger partial charge < -0.3 is 15.8 Å². The molecule has 5 nitrogen and oxygen atoms in total. The fraction of sp³-hybridized carbons (Fsp3) is 0.333. The molecule has 1 aromatic carbocycles. The van der Waals surface area contributed by atoms with Gasteiger partial charge in [0.2, 0.25) is 5.91 Å². The van der Waals surface area contributed by atoms with Crippen LogP contribution in [0.25, 0.3) is 0 Å². The highest BCUT2D eigenvalue weighted by Gasteiger charge is 2.17. The topological polar surface area (TPSA) is 81.4 Å². The van der Waals surface area contributed by atoms with E-state index in [4.69, 9.17) is 17.3 Å². The largest absolute Gasteiger partial charge is 0.465 e. The van der Waals surface area contributed by atoms with E-state index in [1.54, 1.807) is 13.0 Å². The quantitative estimate of drug-likeness (QED) is 0.818. The minimum absolute atomic E-state index is 0.235. The number of nitrogens with two attached hydrogens (primary N) is 1. The molecular formula is C12H15ClN2O3. The van der Waals surface area contributed by atoms with Crippen molar-refractivity contribution in [2.75, 3.05) is 12.4 Å². The van der Waals surface area contributed by atoms with E-state index in [-0.39, 0.29) is 11.5 Å². The number of nitrogens with one attached hydrogen (secondary N) is 1. The van der Waals surface area contributed by atoms with Crippen molar-refractivity contribution in [1.29, 1.82) is 0 Å². The first kappa shape index (κ1) is 14.5. The molecule has 0 saturated heterocycles. The summed E-state index contributed by atoms with van der Waals surface area (Å²) in [5.74, 6) is -0.919. The molecule has 3 N–H and O–H groups in total. The van der Waals surface area contributed by atoms with E-state index in [1.165, 1.54) is 19.2 Å². The maximum atomic E-state index is 11.7. The van der Waals surface area contributed by atoms with E-state index in [0.29, 0.717) is 17.1 Å². The van der Waals surface area contributed by atoms with Crippen LogP contribution >= 0.6 is 11.6 Å². The summed E-state index contributed by atoms with van der Waals surface area (Å²) in [5.41, 5.74) is 6.13. The Kier molecular flexibility index (Phi) is 5.12. The summed E-state index contributed by atoms with van der Waals surface area (Å²) in [6.07, 6.45) is 0.500. The van der Waals surface area contributed by atoms with Crippen molar-refractivity contribution in [3.63, 3.8) is 0 Å². The van der Waals surface area contributed by atoms with Crippen molar-refractivity contribution in [2.24, 2.45) is 5.73 Å². The summed E-state index contributed by atoms with van der Waals surface area (Å²) < 4.78 is 4.62. The first-order valence-electron chi connectivity index (χ1n) is 5.44. The number of amides is 1. The lowest BCUT2D eigenvalue weighted by Crippen LogP contribution is -2.35. The molecule has 0 aromatic heterocycles. The van der Waals surface area contributed by atoms with Crippen LogP contribution in [0.5, 0.6) is 0 Å². The third-order valence-electron chi connectivity index (χ3n) is 2.42.